The lowest BCUT2D eigenvalue weighted by Gasteiger charge is -2.14. The Hall–Kier alpha value is -7.17. The molecule has 0 bridgehead atoms. The van der Waals surface area contributed by atoms with E-state index in [2.05, 4.69) is 158 Å². The number of hydrogen-bond acceptors (Lipinski definition) is 4. The third-order valence-electron chi connectivity index (χ3n) is 10.5. The molecule has 53 heavy (non-hydrogen) atoms. The number of fused-ring (bicyclic) bond motifs is 9. The lowest BCUT2D eigenvalue weighted by atomic mass is 9.93. The average molecular weight is 676 g/mol. The summed E-state index contributed by atoms with van der Waals surface area (Å²) >= 11 is 0. The molecular formula is C49H29N3O. The van der Waals surface area contributed by atoms with Gasteiger partial charge in [0, 0.05) is 27.5 Å². The molecule has 0 atom stereocenters. The van der Waals surface area contributed by atoms with Crippen LogP contribution in [-0.4, -0.2) is 15.0 Å². The van der Waals surface area contributed by atoms with E-state index in [1.54, 1.807) is 0 Å². The lowest BCUT2D eigenvalue weighted by molar-refractivity contribution is 0.669. The van der Waals surface area contributed by atoms with Gasteiger partial charge in [0.05, 0.1) is 0 Å². The Morgan fingerprint density at radius 3 is 1.66 bits per heavy atom. The van der Waals surface area contributed by atoms with Crippen LogP contribution in [0.3, 0.4) is 0 Å². The summed E-state index contributed by atoms with van der Waals surface area (Å²) in [7, 11) is 0. The molecule has 2 aromatic heterocycles. The number of rotatable bonds is 4. The molecule has 0 N–H and O–H groups in total. The van der Waals surface area contributed by atoms with Gasteiger partial charge in [0.1, 0.15) is 11.2 Å². The molecule has 0 aliphatic rings. The van der Waals surface area contributed by atoms with Crippen molar-refractivity contribution in [3.63, 3.8) is 0 Å². The molecule has 0 aliphatic carbocycles. The maximum absolute atomic E-state index is 6.38. The van der Waals surface area contributed by atoms with Gasteiger partial charge in [-0.2, -0.15) is 0 Å². The summed E-state index contributed by atoms with van der Waals surface area (Å²) in [6, 6.07) is 61.6. The molecule has 0 unspecified atom stereocenters. The predicted molar refractivity (Wildman–Crippen MR) is 219 cm³/mol. The Morgan fingerprint density at radius 2 is 0.868 bits per heavy atom. The van der Waals surface area contributed by atoms with Gasteiger partial charge in [0.2, 0.25) is 0 Å². The van der Waals surface area contributed by atoms with E-state index in [1.165, 1.54) is 26.9 Å². The van der Waals surface area contributed by atoms with Gasteiger partial charge in [0.15, 0.2) is 17.5 Å². The summed E-state index contributed by atoms with van der Waals surface area (Å²) in [6.45, 7) is 0. The minimum absolute atomic E-state index is 0.627. The van der Waals surface area contributed by atoms with Crippen molar-refractivity contribution in [1.29, 1.82) is 0 Å². The molecule has 9 aromatic carbocycles. The van der Waals surface area contributed by atoms with Crippen molar-refractivity contribution in [2.24, 2.45) is 0 Å². The van der Waals surface area contributed by atoms with Crippen molar-refractivity contribution in [2.45, 2.75) is 0 Å². The second-order valence-electron chi connectivity index (χ2n) is 13.6. The molecule has 4 heteroatoms. The van der Waals surface area contributed by atoms with Crippen LogP contribution in [0, 0.1) is 0 Å². The van der Waals surface area contributed by atoms with Crippen LogP contribution in [-0.2, 0) is 0 Å². The highest BCUT2D eigenvalue weighted by Crippen LogP contribution is 2.40. The Balaban J connectivity index is 1.07. The topological polar surface area (TPSA) is 51.8 Å². The first-order valence-electron chi connectivity index (χ1n) is 17.9. The fourth-order valence-electron chi connectivity index (χ4n) is 7.93. The maximum Gasteiger partial charge on any atom is 0.165 e. The first-order valence-corrected chi connectivity index (χ1v) is 17.9. The molecule has 4 nitrogen and oxygen atoms in total. The third-order valence-corrected chi connectivity index (χ3v) is 10.5. The second kappa shape index (κ2) is 11.7. The zero-order valence-electron chi connectivity index (χ0n) is 28.5. The maximum atomic E-state index is 6.38. The van der Waals surface area contributed by atoms with Crippen molar-refractivity contribution < 1.29 is 4.42 Å². The summed E-state index contributed by atoms with van der Waals surface area (Å²) in [5, 5.41) is 11.7. The molecule has 11 rings (SSSR count). The molecule has 0 amide bonds. The van der Waals surface area contributed by atoms with Crippen LogP contribution >= 0.6 is 0 Å². The van der Waals surface area contributed by atoms with Crippen molar-refractivity contribution in [3.05, 3.63) is 176 Å². The molecule has 0 saturated heterocycles. The van der Waals surface area contributed by atoms with E-state index in [-0.39, 0.29) is 0 Å². The van der Waals surface area contributed by atoms with Gasteiger partial charge < -0.3 is 4.42 Å². The lowest BCUT2D eigenvalue weighted by Crippen LogP contribution is -2.01. The predicted octanol–water partition coefficient (Wildman–Crippen LogP) is 13.1. The molecule has 0 aliphatic heterocycles. The average Bonchev–Trinajstić information content (AvgIpc) is 3.61. The molecule has 0 fully saturated rings. The van der Waals surface area contributed by atoms with Crippen LogP contribution in [0.1, 0.15) is 0 Å². The van der Waals surface area contributed by atoms with Crippen molar-refractivity contribution >= 4 is 65.0 Å². The van der Waals surface area contributed by atoms with E-state index in [0.29, 0.717) is 17.5 Å². The van der Waals surface area contributed by atoms with Gasteiger partial charge in [-0.15, -0.1) is 0 Å². The fourth-order valence-corrected chi connectivity index (χ4v) is 7.93. The molecule has 246 valence electrons. The van der Waals surface area contributed by atoms with E-state index in [4.69, 9.17) is 19.4 Å². The van der Waals surface area contributed by atoms with E-state index >= 15 is 0 Å². The quantitative estimate of drug-likeness (QED) is 0.138. The van der Waals surface area contributed by atoms with Crippen LogP contribution < -0.4 is 0 Å². The van der Waals surface area contributed by atoms with Crippen LogP contribution in [0.5, 0.6) is 0 Å². The Labute approximate surface area is 304 Å². The Morgan fingerprint density at radius 1 is 0.302 bits per heavy atom. The molecule has 0 saturated carbocycles. The number of furan rings is 1. The second-order valence-corrected chi connectivity index (χ2v) is 13.6. The highest BCUT2D eigenvalue weighted by atomic mass is 16.3. The molecule has 0 radical (unpaired) electrons. The number of hydrogen-bond donors (Lipinski definition) is 0. The summed E-state index contributed by atoms with van der Waals surface area (Å²) in [4.78, 5) is 15.5. The van der Waals surface area contributed by atoms with Crippen molar-refractivity contribution in [2.75, 3.05) is 0 Å². The van der Waals surface area contributed by atoms with Crippen molar-refractivity contribution in [1.82, 2.24) is 15.0 Å². The van der Waals surface area contributed by atoms with Crippen LogP contribution in [0.2, 0.25) is 0 Å². The first kappa shape index (κ1) is 29.5. The van der Waals surface area contributed by atoms with Gasteiger partial charge in [-0.25, -0.2) is 15.0 Å². The van der Waals surface area contributed by atoms with Crippen LogP contribution in [0.4, 0.5) is 0 Å². The summed E-state index contributed by atoms with van der Waals surface area (Å²) in [6.07, 6.45) is 0. The molecule has 11 aromatic rings. The van der Waals surface area contributed by atoms with E-state index in [1.807, 2.05) is 18.2 Å². The minimum atomic E-state index is 0.627. The van der Waals surface area contributed by atoms with Crippen molar-refractivity contribution in [3.8, 4) is 45.3 Å². The van der Waals surface area contributed by atoms with Crippen LogP contribution in [0.15, 0.2) is 180 Å². The van der Waals surface area contributed by atoms with Gasteiger partial charge in [0.25, 0.3) is 0 Å². The van der Waals surface area contributed by atoms with E-state index < -0.39 is 0 Å². The SMILES string of the molecule is c1ccc(-c2nc(-c3ccc(-c4ccc5c(c4)oc4ccc6ccccc6c45)cc3)nc(-c3c4ccccc4cc4c3ccc3ccccc34)n2)cc1. The number of benzene rings is 9. The zero-order chi connectivity index (χ0) is 34.9. The summed E-state index contributed by atoms with van der Waals surface area (Å²) in [5.41, 5.74) is 6.82. The molecule has 0 spiro atoms. The number of aromatic nitrogens is 3. The smallest absolute Gasteiger partial charge is 0.165 e. The van der Waals surface area contributed by atoms with Gasteiger partial charge in [-0.1, -0.05) is 152 Å². The standard InChI is InChI=1S/C49H29N3O/c1-2-12-33(13-3-1)47-50-48(52-49(51-47)46-39-17-9-6-14-36(39)28-42-37-15-7-4-10-31(37)22-25-40(42)46)34-20-18-30(19-21-34)35-23-26-41-44(29-35)53-43-27-24-32-11-5-8-16-38(32)45(41)43/h1-29H. The number of nitrogens with zero attached hydrogens (tertiary/aromatic N) is 3. The van der Waals surface area contributed by atoms with Crippen LogP contribution in [0.25, 0.3) is 110 Å². The Bertz CT molecular complexity index is 3220. The third kappa shape index (κ3) is 4.80. The van der Waals surface area contributed by atoms with Gasteiger partial charge >= 0.3 is 0 Å². The highest BCUT2D eigenvalue weighted by molar-refractivity contribution is 6.20. The van der Waals surface area contributed by atoms with E-state index in [9.17, 15) is 0 Å². The summed E-state index contributed by atoms with van der Waals surface area (Å²) in [5.74, 6) is 1.92. The normalized spacial score (nSPS) is 11.8. The highest BCUT2D eigenvalue weighted by Gasteiger charge is 2.19. The Kier molecular flexibility index (Phi) is 6.52. The summed E-state index contributed by atoms with van der Waals surface area (Å²) < 4.78 is 6.38. The zero-order valence-corrected chi connectivity index (χ0v) is 28.5. The van der Waals surface area contributed by atoms with Gasteiger partial charge in [-0.05, 0) is 78.5 Å². The van der Waals surface area contributed by atoms with Gasteiger partial charge in [-0.3, -0.25) is 0 Å². The fraction of sp³-hybridized carbons (Fsp3) is 0. The molecular weight excluding hydrogens is 647 g/mol. The first-order chi connectivity index (χ1) is 26.2. The molecule has 2 heterocycles. The largest absolute Gasteiger partial charge is 0.456 e. The monoisotopic (exact) mass is 675 g/mol. The minimum Gasteiger partial charge on any atom is -0.456 e. The van der Waals surface area contributed by atoms with E-state index in [0.717, 1.165) is 65.9 Å².